The van der Waals surface area contributed by atoms with E-state index in [0.717, 1.165) is 0 Å². The molecule has 0 radical (unpaired) electrons. The molecular formula is C19H40N12O4. The molecule has 0 heterocycles. The first-order valence-corrected chi connectivity index (χ1v) is 10.6. The highest BCUT2D eigenvalue weighted by Gasteiger charge is 2.32. The van der Waals surface area contributed by atoms with E-state index in [4.69, 9.17) is 41.1 Å². The molecule has 0 saturated heterocycles. The Morgan fingerprint density at radius 1 is 0.457 bits per heavy atom. The quantitative estimate of drug-likeness (QED) is 0.0659. The van der Waals surface area contributed by atoms with E-state index in [1.165, 1.54) is 0 Å². The van der Waals surface area contributed by atoms with Gasteiger partial charge in [-0.2, -0.15) is 0 Å². The Bertz CT molecular complexity index is 568. The van der Waals surface area contributed by atoms with Gasteiger partial charge in [-0.25, -0.2) is 0 Å². The summed E-state index contributed by atoms with van der Waals surface area (Å²) in [6.07, 6.45) is 2.31. The molecule has 0 fully saturated rings. The predicted molar refractivity (Wildman–Crippen MR) is 134 cm³/mol. The molecule has 0 N–H and O–H groups in total. The van der Waals surface area contributed by atoms with Crippen LogP contribution in [0.2, 0.25) is 0 Å². The zero-order valence-electron chi connectivity index (χ0n) is 18.8. The summed E-state index contributed by atoms with van der Waals surface area (Å²) in [6, 6.07) is 0. The topological polar surface area (TPSA) is 232 Å². The van der Waals surface area contributed by atoms with Crippen molar-refractivity contribution < 1.29 is 18.9 Å². The highest BCUT2D eigenvalue weighted by atomic mass is 16.5. The number of hydrogen-bond acceptors (Lipinski definition) is 8. The Labute approximate surface area is 206 Å². The van der Waals surface area contributed by atoms with Gasteiger partial charge in [-0.05, 0) is 47.8 Å². The minimum atomic E-state index is -0.617. The molecule has 0 bridgehead atoms. The third-order valence-electron chi connectivity index (χ3n) is 4.07. The molecule has 0 aromatic heterocycles. The van der Waals surface area contributed by atoms with E-state index >= 15 is 0 Å². The number of rotatable bonds is 24. The van der Waals surface area contributed by atoms with Gasteiger partial charge in [0.15, 0.2) is 0 Å². The van der Waals surface area contributed by atoms with Gasteiger partial charge >= 0.3 is 0 Å². The lowest BCUT2D eigenvalue weighted by atomic mass is 9.92. The van der Waals surface area contributed by atoms with Crippen LogP contribution in [-0.2, 0) is 18.9 Å². The first kappa shape index (κ1) is 36.6. The minimum absolute atomic E-state index is 0. The van der Waals surface area contributed by atoms with Crippen LogP contribution in [0.4, 0.5) is 0 Å². The zero-order chi connectivity index (χ0) is 24.3. The van der Waals surface area contributed by atoms with Crippen molar-refractivity contribution in [1.82, 2.24) is 0 Å². The van der Waals surface area contributed by atoms with Gasteiger partial charge in [0, 0.05) is 72.3 Å². The lowest BCUT2D eigenvalue weighted by molar-refractivity contribution is -0.107. The number of hydrogen-bond donors (Lipinski definition) is 0. The van der Waals surface area contributed by atoms with Crippen molar-refractivity contribution in [3.05, 3.63) is 41.8 Å². The average Bonchev–Trinajstić information content (AvgIpc) is 2.83. The summed E-state index contributed by atoms with van der Waals surface area (Å²) in [4.78, 5) is 10.9. The fourth-order valence-corrected chi connectivity index (χ4v) is 2.53. The molecular weight excluding hydrogens is 460 g/mol. The summed E-state index contributed by atoms with van der Waals surface area (Å²) in [5.74, 6) is 0. The molecule has 16 heteroatoms. The van der Waals surface area contributed by atoms with Crippen molar-refractivity contribution in [1.29, 1.82) is 0 Å². The fourth-order valence-electron chi connectivity index (χ4n) is 2.53. The Balaban J connectivity index is -0.00000512. The molecule has 0 spiro atoms. The number of ether oxygens (including phenoxy) is 4. The van der Waals surface area contributed by atoms with Crippen LogP contribution >= 0.6 is 0 Å². The third kappa shape index (κ3) is 24.0. The van der Waals surface area contributed by atoms with E-state index in [0.29, 0.717) is 78.3 Å². The highest BCUT2D eigenvalue weighted by molar-refractivity contribution is 4.80. The Hall–Kier alpha value is -2.92. The molecule has 0 aliphatic rings. The summed E-state index contributed by atoms with van der Waals surface area (Å²) < 4.78 is 23.2. The van der Waals surface area contributed by atoms with E-state index in [-0.39, 0.29) is 41.3 Å². The fraction of sp³-hybridized carbons (Fsp3) is 1.00. The van der Waals surface area contributed by atoms with E-state index in [1.54, 1.807) is 0 Å². The van der Waals surface area contributed by atoms with Crippen LogP contribution in [0, 0.1) is 5.41 Å². The molecule has 0 amide bonds. The van der Waals surface area contributed by atoms with Crippen LogP contribution < -0.4 is 0 Å². The van der Waals surface area contributed by atoms with Crippen molar-refractivity contribution in [3.63, 3.8) is 0 Å². The summed E-state index contributed by atoms with van der Waals surface area (Å²) in [6.45, 7) is 4.07. The highest BCUT2D eigenvalue weighted by Crippen LogP contribution is 2.21. The van der Waals surface area contributed by atoms with Crippen molar-refractivity contribution in [2.24, 2.45) is 25.9 Å². The van der Waals surface area contributed by atoms with Gasteiger partial charge in [0.25, 0.3) is 0 Å². The van der Waals surface area contributed by atoms with E-state index in [9.17, 15) is 0 Å². The lowest BCUT2D eigenvalue weighted by Gasteiger charge is -2.33. The molecule has 0 aliphatic heterocycles. The maximum atomic E-state index is 8.36. The predicted octanol–water partition coefficient (Wildman–Crippen LogP) is 6.11. The summed E-state index contributed by atoms with van der Waals surface area (Å²) in [5.41, 5.74) is 32.8. The maximum absolute atomic E-state index is 8.36. The summed E-state index contributed by atoms with van der Waals surface area (Å²) in [5, 5.41) is 13.9. The van der Waals surface area contributed by atoms with E-state index in [1.807, 2.05) is 0 Å². The monoisotopic (exact) mass is 500 g/mol. The van der Waals surface area contributed by atoms with Gasteiger partial charge in [-0.3, -0.25) is 0 Å². The molecule has 35 heavy (non-hydrogen) atoms. The van der Waals surface area contributed by atoms with Crippen LogP contribution in [0.3, 0.4) is 0 Å². The van der Waals surface area contributed by atoms with Gasteiger partial charge in [-0.15, -0.1) is 0 Å². The SMILES string of the molecule is C.C.[N-]=[N+]=NCCCOCC(COCCCN=[N+]=[N-])(COCCCN=[N+]=[N-])COCCCN=[N+]=[N-]. The lowest BCUT2D eigenvalue weighted by Crippen LogP contribution is -2.42. The van der Waals surface area contributed by atoms with Crippen molar-refractivity contribution in [3.8, 4) is 0 Å². The molecule has 0 atom stereocenters. The van der Waals surface area contributed by atoms with Crippen LogP contribution in [0.1, 0.15) is 40.5 Å². The van der Waals surface area contributed by atoms with Crippen molar-refractivity contribution in [2.45, 2.75) is 40.5 Å². The molecule has 0 aromatic carbocycles. The molecule has 0 aromatic rings. The molecule has 0 rings (SSSR count). The molecule has 200 valence electrons. The van der Waals surface area contributed by atoms with Crippen LogP contribution in [0.5, 0.6) is 0 Å². The van der Waals surface area contributed by atoms with Gasteiger partial charge < -0.3 is 18.9 Å². The van der Waals surface area contributed by atoms with Crippen LogP contribution in [0.15, 0.2) is 20.5 Å². The normalized spacial score (nSPS) is 11.2. The Morgan fingerprint density at radius 3 is 0.886 bits per heavy atom. The molecule has 0 unspecified atom stereocenters. The summed E-state index contributed by atoms with van der Waals surface area (Å²) >= 11 is 0. The van der Waals surface area contributed by atoms with Gasteiger partial charge in [0.2, 0.25) is 0 Å². The molecule has 0 saturated carbocycles. The Kier molecular flexibility index (Phi) is 30.5. The van der Waals surface area contributed by atoms with Crippen LogP contribution in [0.25, 0.3) is 41.8 Å². The standard InChI is InChI=1S/C17H32N12O4.2CH4/c18-26-22-5-1-9-30-13-17(14-31-10-2-6-23-27-19,15-32-11-3-7-24-28-20)16-33-12-4-8-25-29-21;;/h1-16H2;2*1H4. The number of azide groups is 4. The minimum Gasteiger partial charge on any atom is -0.381 e. The second-order valence-corrected chi connectivity index (χ2v) is 6.94. The zero-order valence-corrected chi connectivity index (χ0v) is 18.8. The third-order valence-corrected chi connectivity index (χ3v) is 4.07. The summed E-state index contributed by atoms with van der Waals surface area (Å²) in [7, 11) is 0. The van der Waals surface area contributed by atoms with E-state index < -0.39 is 5.41 Å². The van der Waals surface area contributed by atoms with Crippen molar-refractivity contribution in [2.75, 3.05) is 79.0 Å². The van der Waals surface area contributed by atoms with Crippen molar-refractivity contribution >= 4 is 0 Å². The smallest absolute Gasteiger partial charge is 0.0637 e. The van der Waals surface area contributed by atoms with Gasteiger partial charge in [-0.1, -0.05) is 35.3 Å². The van der Waals surface area contributed by atoms with Gasteiger partial charge in [0.1, 0.15) is 0 Å². The maximum Gasteiger partial charge on any atom is 0.0637 e. The molecule has 0 aliphatic carbocycles. The van der Waals surface area contributed by atoms with Gasteiger partial charge in [0.05, 0.1) is 31.8 Å². The second-order valence-electron chi connectivity index (χ2n) is 6.94. The molecule has 16 nitrogen and oxygen atoms in total. The van der Waals surface area contributed by atoms with Crippen LogP contribution in [-0.4, -0.2) is 79.0 Å². The van der Waals surface area contributed by atoms with E-state index in [2.05, 4.69) is 40.1 Å². The largest absolute Gasteiger partial charge is 0.381 e. The first-order chi connectivity index (χ1) is 16.2. The average molecular weight is 501 g/mol. The number of nitrogens with zero attached hydrogens (tertiary/aromatic N) is 12. The first-order valence-electron chi connectivity index (χ1n) is 10.6. The Morgan fingerprint density at radius 2 is 0.686 bits per heavy atom. The second kappa shape index (κ2) is 29.1.